The number of nitrogens with two attached hydrogens (primary N) is 1. The Balaban J connectivity index is 2.24. The Morgan fingerprint density at radius 2 is 1.95 bits per heavy atom. The molecule has 1 aromatic carbocycles. The van der Waals surface area contributed by atoms with E-state index in [9.17, 15) is 5.26 Å². The number of nitrogens with zero attached hydrogens (tertiary/aromatic N) is 1. The third-order valence-corrected chi connectivity index (χ3v) is 3.37. The predicted octanol–water partition coefficient (Wildman–Crippen LogP) is 4.13. The summed E-state index contributed by atoms with van der Waals surface area (Å²) in [6.45, 7) is 0. The van der Waals surface area contributed by atoms with Crippen LogP contribution in [0.15, 0.2) is 53.0 Å². The largest absolute Gasteiger partial charge is 0.439 e. The summed E-state index contributed by atoms with van der Waals surface area (Å²) in [5.74, 6) is 0.846. The van der Waals surface area contributed by atoms with E-state index in [1.165, 1.54) is 0 Å². The maximum atomic E-state index is 9.35. The van der Waals surface area contributed by atoms with E-state index < -0.39 is 0 Å². The maximum absolute atomic E-state index is 9.35. The SMILES string of the molecule is N#Cc1c(N)oc(-c2ccccc2)c1C1=CCCC=C1. The van der Waals surface area contributed by atoms with Gasteiger partial charge in [-0.15, -0.1) is 0 Å². The van der Waals surface area contributed by atoms with Gasteiger partial charge >= 0.3 is 0 Å². The van der Waals surface area contributed by atoms with E-state index in [0.29, 0.717) is 11.3 Å². The van der Waals surface area contributed by atoms with Crippen LogP contribution in [-0.4, -0.2) is 0 Å². The Hall–Kier alpha value is -2.73. The molecular weight excluding hydrogens is 248 g/mol. The van der Waals surface area contributed by atoms with Gasteiger partial charge in [0, 0.05) is 11.1 Å². The highest BCUT2D eigenvalue weighted by Crippen LogP contribution is 2.38. The van der Waals surface area contributed by atoms with Crippen LogP contribution in [0.2, 0.25) is 0 Å². The van der Waals surface area contributed by atoms with Crippen LogP contribution >= 0.6 is 0 Å². The van der Waals surface area contributed by atoms with Crippen LogP contribution in [0.25, 0.3) is 16.9 Å². The number of hydrogen-bond acceptors (Lipinski definition) is 3. The standard InChI is InChI=1S/C17H14N2O/c18-11-14-15(12-7-3-1-4-8-12)16(20-17(14)19)13-9-5-2-6-10-13/h2-3,5-10H,1,4,19H2. The van der Waals surface area contributed by atoms with Gasteiger partial charge in [-0.05, 0) is 18.4 Å². The molecule has 20 heavy (non-hydrogen) atoms. The van der Waals surface area contributed by atoms with Crippen molar-refractivity contribution in [2.24, 2.45) is 0 Å². The lowest BCUT2D eigenvalue weighted by Crippen LogP contribution is -1.91. The van der Waals surface area contributed by atoms with Gasteiger partial charge < -0.3 is 10.2 Å². The van der Waals surface area contributed by atoms with Crippen molar-refractivity contribution in [1.82, 2.24) is 0 Å². The van der Waals surface area contributed by atoms with Crippen LogP contribution in [0.4, 0.5) is 5.88 Å². The van der Waals surface area contributed by atoms with Crippen molar-refractivity contribution in [2.45, 2.75) is 12.8 Å². The van der Waals surface area contributed by atoms with Crippen LogP contribution in [0.1, 0.15) is 24.0 Å². The molecule has 0 amide bonds. The van der Waals surface area contributed by atoms with E-state index >= 15 is 0 Å². The van der Waals surface area contributed by atoms with Crippen LogP contribution in [-0.2, 0) is 0 Å². The van der Waals surface area contributed by atoms with Gasteiger partial charge in [-0.25, -0.2) is 0 Å². The first-order chi connectivity index (χ1) is 9.81. The molecule has 3 heteroatoms. The molecule has 1 aliphatic carbocycles. The van der Waals surface area contributed by atoms with E-state index in [1.54, 1.807) is 0 Å². The van der Waals surface area contributed by atoms with Gasteiger partial charge in [-0.2, -0.15) is 5.26 Å². The number of hydrogen-bond donors (Lipinski definition) is 1. The zero-order valence-corrected chi connectivity index (χ0v) is 11.0. The molecule has 0 fully saturated rings. The van der Waals surface area contributed by atoms with Crippen molar-refractivity contribution in [3.05, 3.63) is 59.7 Å². The van der Waals surface area contributed by atoms with Gasteiger partial charge in [0.15, 0.2) is 0 Å². The van der Waals surface area contributed by atoms with Crippen LogP contribution < -0.4 is 5.73 Å². The van der Waals surface area contributed by atoms with Gasteiger partial charge in [-0.1, -0.05) is 48.6 Å². The lowest BCUT2D eigenvalue weighted by molar-refractivity contribution is 0.601. The summed E-state index contributed by atoms with van der Waals surface area (Å²) >= 11 is 0. The quantitative estimate of drug-likeness (QED) is 0.884. The molecule has 0 radical (unpaired) electrons. The highest BCUT2D eigenvalue weighted by molar-refractivity contribution is 5.89. The minimum absolute atomic E-state index is 0.182. The highest BCUT2D eigenvalue weighted by Gasteiger charge is 2.22. The summed E-state index contributed by atoms with van der Waals surface area (Å²) < 4.78 is 5.66. The second-order valence-corrected chi connectivity index (χ2v) is 4.66. The molecule has 0 saturated heterocycles. The van der Waals surface area contributed by atoms with Gasteiger partial charge in [0.1, 0.15) is 17.4 Å². The zero-order chi connectivity index (χ0) is 13.9. The fourth-order valence-electron chi connectivity index (χ4n) is 2.43. The number of allylic oxidation sites excluding steroid dienone is 4. The normalized spacial score (nSPS) is 13.8. The summed E-state index contributed by atoms with van der Waals surface area (Å²) in [7, 11) is 0. The molecular formula is C17H14N2O. The number of furan rings is 1. The summed E-state index contributed by atoms with van der Waals surface area (Å²) in [6.07, 6.45) is 8.25. The first kappa shape index (κ1) is 12.3. The molecule has 3 rings (SSSR count). The number of anilines is 1. The molecule has 0 spiro atoms. The molecule has 2 N–H and O–H groups in total. The van der Waals surface area contributed by atoms with Gasteiger partial charge in [-0.3, -0.25) is 0 Å². The topological polar surface area (TPSA) is 63.0 Å². The number of nitrogen functional groups attached to an aromatic ring is 1. The smallest absolute Gasteiger partial charge is 0.209 e. The second kappa shape index (κ2) is 5.10. The second-order valence-electron chi connectivity index (χ2n) is 4.66. The predicted molar refractivity (Wildman–Crippen MR) is 79.6 cm³/mol. The van der Waals surface area contributed by atoms with Gasteiger partial charge in [0.05, 0.1) is 0 Å². The third-order valence-electron chi connectivity index (χ3n) is 3.37. The minimum Gasteiger partial charge on any atom is -0.439 e. The van der Waals surface area contributed by atoms with Crippen LogP contribution in [0, 0.1) is 11.3 Å². The van der Waals surface area contributed by atoms with E-state index in [0.717, 1.165) is 29.5 Å². The van der Waals surface area contributed by atoms with Crippen molar-refractivity contribution in [3.8, 4) is 17.4 Å². The summed E-state index contributed by atoms with van der Waals surface area (Å²) in [6, 6.07) is 11.9. The van der Waals surface area contributed by atoms with Crippen LogP contribution in [0.5, 0.6) is 0 Å². The van der Waals surface area contributed by atoms with Gasteiger partial charge in [0.2, 0.25) is 5.88 Å². The summed E-state index contributed by atoms with van der Waals surface area (Å²) in [5, 5.41) is 9.35. The minimum atomic E-state index is 0.182. The fourth-order valence-corrected chi connectivity index (χ4v) is 2.43. The zero-order valence-electron chi connectivity index (χ0n) is 11.0. The van der Waals surface area contributed by atoms with Crippen molar-refractivity contribution in [3.63, 3.8) is 0 Å². The molecule has 0 bridgehead atoms. The average molecular weight is 262 g/mol. The fraction of sp³-hybridized carbons (Fsp3) is 0.118. The molecule has 0 atom stereocenters. The Bertz CT molecular complexity index is 730. The van der Waals surface area contributed by atoms with Crippen molar-refractivity contribution < 1.29 is 4.42 Å². The van der Waals surface area contributed by atoms with E-state index in [1.807, 2.05) is 36.4 Å². The molecule has 1 aromatic heterocycles. The Kier molecular flexibility index (Phi) is 3.14. The molecule has 0 unspecified atom stereocenters. The monoisotopic (exact) mass is 262 g/mol. The van der Waals surface area contributed by atoms with E-state index in [2.05, 4.69) is 18.2 Å². The molecule has 98 valence electrons. The lowest BCUT2D eigenvalue weighted by atomic mass is 9.94. The molecule has 2 aromatic rings. The molecule has 0 aliphatic heterocycles. The molecule has 3 nitrogen and oxygen atoms in total. The average Bonchev–Trinajstić information content (AvgIpc) is 2.85. The Morgan fingerprint density at radius 1 is 1.15 bits per heavy atom. The molecule has 1 aliphatic rings. The number of benzene rings is 1. The van der Waals surface area contributed by atoms with Crippen LogP contribution in [0.3, 0.4) is 0 Å². The highest BCUT2D eigenvalue weighted by atomic mass is 16.4. The molecule has 0 saturated carbocycles. The maximum Gasteiger partial charge on any atom is 0.209 e. The van der Waals surface area contributed by atoms with Crippen molar-refractivity contribution in [2.75, 3.05) is 5.73 Å². The lowest BCUT2D eigenvalue weighted by Gasteiger charge is -2.08. The number of nitriles is 1. The molecule has 1 heterocycles. The summed E-state index contributed by atoms with van der Waals surface area (Å²) in [5.41, 5.74) is 9.01. The third kappa shape index (κ3) is 2.02. The van der Waals surface area contributed by atoms with Gasteiger partial charge in [0.25, 0.3) is 0 Å². The van der Waals surface area contributed by atoms with E-state index in [4.69, 9.17) is 10.2 Å². The number of rotatable bonds is 2. The summed E-state index contributed by atoms with van der Waals surface area (Å²) in [4.78, 5) is 0. The van der Waals surface area contributed by atoms with E-state index in [-0.39, 0.29) is 5.88 Å². The first-order valence-electron chi connectivity index (χ1n) is 6.56. The first-order valence-corrected chi connectivity index (χ1v) is 6.56. The Labute approximate surface area is 117 Å². The Morgan fingerprint density at radius 3 is 2.60 bits per heavy atom. The van der Waals surface area contributed by atoms with Crippen molar-refractivity contribution >= 4 is 11.5 Å². The van der Waals surface area contributed by atoms with Crippen molar-refractivity contribution in [1.29, 1.82) is 5.26 Å².